The van der Waals surface area contributed by atoms with Crippen LogP contribution in [0, 0.1) is 0 Å². The fraction of sp³-hybridized carbons (Fsp3) is 1.00. The van der Waals surface area contributed by atoms with E-state index < -0.39 is 0 Å². The van der Waals surface area contributed by atoms with Gasteiger partial charge in [0.2, 0.25) is 0 Å². The number of rotatable bonds is 5. The Hall–Kier alpha value is 0.270. The van der Waals surface area contributed by atoms with Crippen LogP contribution in [0.2, 0.25) is 0 Å². The first-order chi connectivity index (χ1) is 6.84. The van der Waals surface area contributed by atoms with Gasteiger partial charge in [0.1, 0.15) is 0 Å². The first-order valence-electron chi connectivity index (χ1n) is 5.83. The van der Waals surface area contributed by atoms with E-state index in [2.05, 4.69) is 12.2 Å². The van der Waals surface area contributed by atoms with Gasteiger partial charge >= 0.3 is 0 Å². The van der Waals surface area contributed by atoms with E-state index >= 15 is 0 Å². The monoisotopic (exact) mass is 217 g/mol. The van der Waals surface area contributed by atoms with Crippen molar-refractivity contribution in [3.8, 4) is 0 Å². The second-order valence-corrected chi connectivity index (χ2v) is 5.36. The fourth-order valence-electron chi connectivity index (χ4n) is 1.93. The van der Waals surface area contributed by atoms with Crippen LogP contribution < -0.4 is 5.32 Å². The third-order valence-corrected chi connectivity index (χ3v) is 3.76. The highest BCUT2D eigenvalue weighted by atomic mass is 32.2. The molecule has 1 fully saturated rings. The molecule has 1 aliphatic heterocycles. The van der Waals surface area contributed by atoms with Crippen LogP contribution in [0.4, 0.5) is 0 Å². The SMILES string of the molecule is CCSCCC(O)C1CCCCCN1. The molecule has 3 heteroatoms. The molecule has 2 atom stereocenters. The van der Waals surface area contributed by atoms with Crippen LogP contribution in [0.1, 0.15) is 39.0 Å². The Balaban J connectivity index is 2.16. The van der Waals surface area contributed by atoms with Gasteiger partial charge in [0, 0.05) is 6.04 Å². The summed E-state index contributed by atoms with van der Waals surface area (Å²) in [5.41, 5.74) is 0. The maximum atomic E-state index is 9.95. The van der Waals surface area contributed by atoms with Crippen molar-refractivity contribution in [2.45, 2.75) is 51.2 Å². The number of hydrogen-bond acceptors (Lipinski definition) is 3. The van der Waals surface area contributed by atoms with Crippen molar-refractivity contribution >= 4 is 11.8 Å². The van der Waals surface area contributed by atoms with E-state index in [1.165, 1.54) is 19.3 Å². The van der Waals surface area contributed by atoms with Crippen molar-refractivity contribution in [2.24, 2.45) is 0 Å². The van der Waals surface area contributed by atoms with Crippen LogP contribution in [-0.2, 0) is 0 Å². The molecule has 0 radical (unpaired) electrons. The van der Waals surface area contributed by atoms with Gasteiger partial charge in [0.05, 0.1) is 6.10 Å². The van der Waals surface area contributed by atoms with Crippen LogP contribution >= 0.6 is 11.8 Å². The summed E-state index contributed by atoms with van der Waals surface area (Å²) in [5.74, 6) is 2.25. The standard InChI is InChI=1S/C11H23NOS/c1-2-14-9-7-11(13)10-6-4-3-5-8-12-10/h10-13H,2-9H2,1H3. The number of aliphatic hydroxyl groups is 1. The van der Waals surface area contributed by atoms with Gasteiger partial charge in [0.15, 0.2) is 0 Å². The average Bonchev–Trinajstić information content (AvgIpc) is 2.46. The number of aliphatic hydroxyl groups excluding tert-OH is 1. The number of hydrogen-bond donors (Lipinski definition) is 2. The quantitative estimate of drug-likeness (QED) is 0.691. The van der Waals surface area contributed by atoms with E-state index in [1.807, 2.05) is 11.8 Å². The molecule has 1 aliphatic rings. The summed E-state index contributed by atoms with van der Waals surface area (Å²) < 4.78 is 0. The summed E-state index contributed by atoms with van der Waals surface area (Å²) in [6.07, 6.45) is 5.82. The molecule has 0 aromatic rings. The lowest BCUT2D eigenvalue weighted by Gasteiger charge is -2.22. The number of nitrogens with one attached hydrogen (secondary N) is 1. The Labute approximate surface area is 91.9 Å². The molecule has 1 rings (SSSR count). The molecular formula is C11H23NOS. The average molecular weight is 217 g/mol. The highest BCUT2D eigenvalue weighted by Crippen LogP contribution is 2.14. The van der Waals surface area contributed by atoms with Crippen LogP contribution in [0.3, 0.4) is 0 Å². The fourth-order valence-corrected chi connectivity index (χ4v) is 2.63. The third-order valence-electron chi connectivity index (χ3n) is 2.82. The lowest BCUT2D eigenvalue weighted by Crippen LogP contribution is -2.39. The van der Waals surface area contributed by atoms with E-state index in [9.17, 15) is 5.11 Å². The van der Waals surface area contributed by atoms with Gasteiger partial charge in [-0.15, -0.1) is 0 Å². The molecule has 14 heavy (non-hydrogen) atoms. The van der Waals surface area contributed by atoms with Gasteiger partial charge in [-0.2, -0.15) is 11.8 Å². The van der Waals surface area contributed by atoms with Gasteiger partial charge in [0.25, 0.3) is 0 Å². The van der Waals surface area contributed by atoms with Crippen molar-refractivity contribution in [3.63, 3.8) is 0 Å². The van der Waals surface area contributed by atoms with Crippen molar-refractivity contribution < 1.29 is 5.11 Å². The summed E-state index contributed by atoms with van der Waals surface area (Å²) in [4.78, 5) is 0. The van der Waals surface area contributed by atoms with E-state index in [0.717, 1.165) is 30.9 Å². The maximum absolute atomic E-state index is 9.95. The Morgan fingerprint density at radius 2 is 2.29 bits per heavy atom. The lowest BCUT2D eigenvalue weighted by molar-refractivity contribution is 0.122. The minimum Gasteiger partial charge on any atom is -0.391 e. The molecule has 0 spiro atoms. The summed E-state index contributed by atoms with van der Waals surface area (Å²) >= 11 is 1.92. The van der Waals surface area contributed by atoms with Gasteiger partial charge in [-0.25, -0.2) is 0 Å². The predicted molar refractivity (Wildman–Crippen MR) is 63.9 cm³/mol. The zero-order chi connectivity index (χ0) is 10.2. The van der Waals surface area contributed by atoms with E-state index in [-0.39, 0.29) is 6.10 Å². The van der Waals surface area contributed by atoms with Crippen LogP contribution in [-0.4, -0.2) is 35.3 Å². The Morgan fingerprint density at radius 3 is 3.07 bits per heavy atom. The molecule has 1 heterocycles. The molecule has 0 aliphatic carbocycles. The topological polar surface area (TPSA) is 32.3 Å². The largest absolute Gasteiger partial charge is 0.391 e. The zero-order valence-corrected chi connectivity index (χ0v) is 9.98. The van der Waals surface area contributed by atoms with E-state index in [4.69, 9.17) is 0 Å². The second-order valence-electron chi connectivity index (χ2n) is 3.96. The van der Waals surface area contributed by atoms with Gasteiger partial charge in [-0.1, -0.05) is 19.8 Å². The first kappa shape index (κ1) is 12.3. The third kappa shape index (κ3) is 4.67. The first-order valence-corrected chi connectivity index (χ1v) is 6.99. The summed E-state index contributed by atoms with van der Waals surface area (Å²) in [7, 11) is 0. The molecule has 0 aromatic carbocycles. The second kappa shape index (κ2) is 7.55. The highest BCUT2D eigenvalue weighted by Gasteiger charge is 2.19. The highest BCUT2D eigenvalue weighted by molar-refractivity contribution is 7.99. The molecule has 2 N–H and O–H groups in total. The summed E-state index contributed by atoms with van der Waals surface area (Å²) in [6.45, 7) is 3.25. The summed E-state index contributed by atoms with van der Waals surface area (Å²) in [6, 6.07) is 0.356. The minimum atomic E-state index is -0.132. The predicted octanol–water partition coefficient (Wildman–Crippen LogP) is 2.02. The maximum Gasteiger partial charge on any atom is 0.0701 e. The molecule has 0 amide bonds. The normalized spacial score (nSPS) is 25.7. The van der Waals surface area contributed by atoms with Gasteiger partial charge in [-0.3, -0.25) is 0 Å². The van der Waals surface area contributed by atoms with Crippen LogP contribution in [0.5, 0.6) is 0 Å². The van der Waals surface area contributed by atoms with Crippen molar-refractivity contribution in [1.82, 2.24) is 5.32 Å². The summed E-state index contributed by atoms with van der Waals surface area (Å²) in [5, 5.41) is 13.4. The molecule has 0 bridgehead atoms. The molecule has 1 saturated heterocycles. The van der Waals surface area contributed by atoms with Crippen molar-refractivity contribution in [2.75, 3.05) is 18.1 Å². The molecule has 2 nitrogen and oxygen atoms in total. The van der Waals surface area contributed by atoms with Crippen molar-refractivity contribution in [1.29, 1.82) is 0 Å². The van der Waals surface area contributed by atoms with Crippen molar-refractivity contribution in [3.05, 3.63) is 0 Å². The van der Waals surface area contributed by atoms with E-state index in [1.54, 1.807) is 0 Å². The zero-order valence-electron chi connectivity index (χ0n) is 9.17. The van der Waals surface area contributed by atoms with Gasteiger partial charge < -0.3 is 10.4 Å². The Morgan fingerprint density at radius 1 is 1.43 bits per heavy atom. The van der Waals surface area contributed by atoms with Gasteiger partial charge in [-0.05, 0) is 37.3 Å². The minimum absolute atomic E-state index is 0.132. The van der Waals surface area contributed by atoms with Crippen LogP contribution in [0.25, 0.3) is 0 Å². The molecule has 0 aromatic heterocycles. The van der Waals surface area contributed by atoms with E-state index in [0.29, 0.717) is 6.04 Å². The molecular weight excluding hydrogens is 194 g/mol. The smallest absolute Gasteiger partial charge is 0.0701 e. The van der Waals surface area contributed by atoms with Crippen LogP contribution in [0.15, 0.2) is 0 Å². The molecule has 2 unspecified atom stereocenters. The molecule has 0 saturated carbocycles. The molecule has 84 valence electrons. The lowest BCUT2D eigenvalue weighted by atomic mass is 10.0. The Kier molecular flexibility index (Phi) is 6.65. The Bertz CT molecular complexity index is 135. The number of thioether (sulfide) groups is 1.